The van der Waals surface area contributed by atoms with Crippen LogP contribution in [0.3, 0.4) is 0 Å². The van der Waals surface area contributed by atoms with Crippen molar-refractivity contribution in [3.8, 4) is 0 Å². The molecule has 0 bridgehead atoms. The van der Waals surface area contributed by atoms with Crippen LogP contribution in [0.4, 0.5) is 5.69 Å². The second-order valence-electron chi connectivity index (χ2n) is 6.27. The molecule has 0 spiro atoms. The highest BCUT2D eigenvalue weighted by Crippen LogP contribution is 2.24. The first-order valence-electron chi connectivity index (χ1n) is 8.43. The van der Waals surface area contributed by atoms with Crippen molar-refractivity contribution in [1.29, 1.82) is 0 Å². The molecule has 1 aliphatic heterocycles. The summed E-state index contributed by atoms with van der Waals surface area (Å²) in [4.78, 5) is 12.7. The predicted octanol–water partition coefficient (Wildman–Crippen LogP) is 0.903. The monoisotopic (exact) mass is 403 g/mol. The summed E-state index contributed by atoms with van der Waals surface area (Å²) in [6.45, 7) is 3.92. The van der Waals surface area contributed by atoms with Crippen molar-refractivity contribution in [2.24, 2.45) is 5.92 Å². The maximum absolute atomic E-state index is 12.6. The molecule has 1 fully saturated rings. The zero-order chi connectivity index (χ0) is 19.5. The molecule has 1 saturated heterocycles. The number of carbonyl (C=O) groups excluding carboxylic acids is 1. The molecule has 0 aliphatic carbocycles. The molecule has 0 unspecified atom stereocenters. The van der Waals surface area contributed by atoms with Crippen LogP contribution in [0, 0.1) is 12.8 Å². The number of nitrogens with zero attached hydrogens (tertiary/aromatic N) is 1. The Morgan fingerprint density at radius 1 is 1.27 bits per heavy atom. The van der Waals surface area contributed by atoms with E-state index in [-0.39, 0.29) is 23.1 Å². The van der Waals surface area contributed by atoms with Crippen molar-refractivity contribution in [3.05, 3.63) is 23.8 Å². The van der Waals surface area contributed by atoms with E-state index in [1.54, 1.807) is 19.9 Å². The number of rotatable bonds is 6. The fourth-order valence-corrected chi connectivity index (χ4v) is 4.78. The summed E-state index contributed by atoms with van der Waals surface area (Å²) in [5, 5.41) is 2.75. The van der Waals surface area contributed by atoms with Crippen molar-refractivity contribution in [2.45, 2.75) is 31.6 Å². The zero-order valence-corrected chi connectivity index (χ0v) is 16.8. The van der Waals surface area contributed by atoms with Crippen molar-refractivity contribution in [2.75, 3.05) is 31.2 Å². The molecular formula is C16H25N3O5S2. The molecule has 1 aromatic rings. The fourth-order valence-electron chi connectivity index (χ4n) is 2.85. The molecule has 146 valence electrons. The lowest BCUT2D eigenvalue weighted by Gasteiger charge is -2.31. The molecule has 2 N–H and O–H groups in total. The highest BCUT2D eigenvalue weighted by molar-refractivity contribution is 7.89. The van der Waals surface area contributed by atoms with Crippen LogP contribution in [0.1, 0.15) is 25.3 Å². The SMILES string of the molecule is CCS(=O)(=O)N1CCC[C@@H](C(=O)Nc2cc(S(=O)(=O)NC)ccc2C)C1. The highest BCUT2D eigenvalue weighted by Gasteiger charge is 2.31. The van der Waals surface area contributed by atoms with Gasteiger partial charge in [-0.3, -0.25) is 4.79 Å². The Bertz CT molecular complexity index is 881. The molecular weight excluding hydrogens is 378 g/mol. The molecule has 10 heteroatoms. The number of benzene rings is 1. The van der Waals surface area contributed by atoms with Gasteiger partial charge in [0.25, 0.3) is 0 Å². The third-order valence-electron chi connectivity index (χ3n) is 4.56. The lowest BCUT2D eigenvalue weighted by atomic mass is 9.98. The van der Waals surface area contributed by atoms with Crippen molar-refractivity contribution in [3.63, 3.8) is 0 Å². The van der Waals surface area contributed by atoms with Crippen molar-refractivity contribution < 1.29 is 21.6 Å². The van der Waals surface area contributed by atoms with Gasteiger partial charge in [0.1, 0.15) is 0 Å². The van der Waals surface area contributed by atoms with Crippen LogP contribution in [0.25, 0.3) is 0 Å². The van der Waals surface area contributed by atoms with E-state index >= 15 is 0 Å². The molecule has 1 aliphatic rings. The maximum Gasteiger partial charge on any atom is 0.240 e. The summed E-state index contributed by atoms with van der Waals surface area (Å²) in [5.41, 5.74) is 1.13. The number of hydrogen-bond donors (Lipinski definition) is 2. The van der Waals surface area contributed by atoms with Crippen LogP contribution in [0.2, 0.25) is 0 Å². The molecule has 8 nitrogen and oxygen atoms in total. The first-order chi connectivity index (χ1) is 12.1. The number of anilines is 1. The number of aryl methyl sites for hydroxylation is 1. The molecule has 1 atom stereocenters. The molecule has 0 aromatic heterocycles. The third kappa shape index (κ3) is 4.61. The van der Waals surface area contributed by atoms with Crippen LogP contribution in [-0.2, 0) is 24.8 Å². The lowest BCUT2D eigenvalue weighted by molar-refractivity contribution is -0.120. The van der Waals surface area contributed by atoms with Gasteiger partial charge in [-0.15, -0.1) is 0 Å². The van der Waals surface area contributed by atoms with Crippen LogP contribution in [0.15, 0.2) is 23.1 Å². The van der Waals surface area contributed by atoms with Crippen molar-refractivity contribution in [1.82, 2.24) is 9.03 Å². The van der Waals surface area contributed by atoms with Gasteiger partial charge >= 0.3 is 0 Å². The fraction of sp³-hybridized carbons (Fsp3) is 0.562. The number of nitrogens with one attached hydrogen (secondary N) is 2. The van der Waals surface area contributed by atoms with Gasteiger partial charge < -0.3 is 5.32 Å². The smallest absolute Gasteiger partial charge is 0.240 e. The van der Waals surface area contributed by atoms with Gasteiger partial charge in [0.05, 0.1) is 16.6 Å². The normalized spacial score (nSPS) is 19.3. The summed E-state index contributed by atoms with van der Waals surface area (Å²) in [7, 11) is -5.63. The third-order valence-corrected chi connectivity index (χ3v) is 7.82. The second-order valence-corrected chi connectivity index (χ2v) is 10.4. The van der Waals surface area contributed by atoms with E-state index in [4.69, 9.17) is 0 Å². The molecule has 2 rings (SSSR count). The number of hydrogen-bond acceptors (Lipinski definition) is 5. The second kappa shape index (κ2) is 8.03. The summed E-state index contributed by atoms with van der Waals surface area (Å²) in [5.74, 6) is -0.762. The average molecular weight is 404 g/mol. The van der Waals surface area contributed by atoms with E-state index in [0.29, 0.717) is 25.1 Å². The Morgan fingerprint density at radius 2 is 1.96 bits per heavy atom. The summed E-state index contributed by atoms with van der Waals surface area (Å²) < 4.78 is 51.6. The maximum atomic E-state index is 12.6. The Morgan fingerprint density at radius 3 is 2.58 bits per heavy atom. The van der Waals surface area contributed by atoms with E-state index in [1.165, 1.54) is 23.5 Å². The predicted molar refractivity (Wildman–Crippen MR) is 99.8 cm³/mol. The minimum absolute atomic E-state index is 0.00434. The highest BCUT2D eigenvalue weighted by atomic mass is 32.2. The van der Waals surface area contributed by atoms with Gasteiger partial charge in [-0.2, -0.15) is 0 Å². The van der Waals surface area contributed by atoms with E-state index in [9.17, 15) is 21.6 Å². The number of piperidine rings is 1. The van der Waals surface area contributed by atoms with Crippen molar-refractivity contribution >= 4 is 31.6 Å². The zero-order valence-electron chi connectivity index (χ0n) is 15.1. The molecule has 1 amide bonds. The van der Waals surface area contributed by atoms with Crippen LogP contribution < -0.4 is 10.0 Å². The lowest BCUT2D eigenvalue weighted by Crippen LogP contribution is -2.44. The molecule has 0 saturated carbocycles. The molecule has 0 radical (unpaired) electrons. The van der Waals surface area contributed by atoms with E-state index in [1.807, 2.05) is 0 Å². The molecule has 1 aromatic carbocycles. The Kier molecular flexibility index (Phi) is 6.43. The van der Waals surface area contributed by atoms with Crippen LogP contribution in [0.5, 0.6) is 0 Å². The van der Waals surface area contributed by atoms with E-state index in [0.717, 1.165) is 5.56 Å². The Hall–Kier alpha value is -1.49. The molecule has 1 heterocycles. The summed E-state index contributed by atoms with van der Waals surface area (Å²) in [6.07, 6.45) is 1.21. The van der Waals surface area contributed by atoms with Crippen LogP contribution in [-0.4, -0.2) is 52.9 Å². The van der Waals surface area contributed by atoms with Gasteiger partial charge in [-0.05, 0) is 51.4 Å². The number of carbonyl (C=O) groups is 1. The van der Waals surface area contributed by atoms with Gasteiger partial charge in [0.2, 0.25) is 26.0 Å². The largest absolute Gasteiger partial charge is 0.326 e. The first kappa shape index (κ1) is 20.8. The summed E-state index contributed by atoms with van der Waals surface area (Å²) in [6, 6.07) is 4.49. The van der Waals surface area contributed by atoms with E-state index < -0.39 is 26.0 Å². The van der Waals surface area contributed by atoms with Gasteiger partial charge in [0.15, 0.2) is 0 Å². The van der Waals surface area contributed by atoms with Gasteiger partial charge in [0, 0.05) is 18.8 Å². The average Bonchev–Trinajstić information content (AvgIpc) is 2.63. The molecule has 26 heavy (non-hydrogen) atoms. The quantitative estimate of drug-likeness (QED) is 0.733. The standard InChI is InChI=1S/C16H25N3O5S2/c1-4-25(21,22)19-9-5-6-13(11-19)16(20)18-15-10-14(8-7-12(15)2)26(23,24)17-3/h7-8,10,13,17H,4-6,9,11H2,1-3H3,(H,18,20)/t13-/m1/s1. The Labute approximate surface area is 155 Å². The number of sulfonamides is 2. The minimum Gasteiger partial charge on any atom is -0.326 e. The van der Waals surface area contributed by atoms with Crippen LogP contribution >= 0.6 is 0 Å². The topological polar surface area (TPSA) is 113 Å². The number of amides is 1. The van der Waals surface area contributed by atoms with Gasteiger partial charge in [-0.25, -0.2) is 25.9 Å². The van der Waals surface area contributed by atoms with E-state index in [2.05, 4.69) is 10.0 Å². The summed E-state index contributed by atoms with van der Waals surface area (Å²) >= 11 is 0. The first-order valence-corrected chi connectivity index (χ1v) is 11.5. The minimum atomic E-state index is -3.62. The Balaban J connectivity index is 2.18. The van der Waals surface area contributed by atoms with Gasteiger partial charge in [-0.1, -0.05) is 6.07 Å².